The Bertz CT molecular complexity index is 1370. The quantitative estimate of drug-likeness (QED) is 0.360. The van der Waals surface area contributed by atoms with Gasteiger partial charge in [0.15, 0.2) is 5.78 Å². The molecule has 0 bridgehead atoms. The second-order valence-corrected chi connectivity index (χ2v) is 7.41. The summed E-state index contributed by atoms with van der Waals surface area (Å²) in [4.78, 5) is 33.0. The SMILES string of the molecule is O=C(Nc1ccc(-c2nc3ccccc3[nH]2)cc1)c1ccc(C(=O)c2ccccc2)cc1. The van der Waals surface area contributed by atoms with E-state index in [1.54, 1.807) is 36.4 Å². The van der Waals surface area contributed by atoms with Gasteiger partial charge in [0, 0.05) is 27.9 Å². The van der Waals surface area contributed by atoms with Crippen LogP contribution >= 0.6 is 0 Å². The Labute approximate surface area is 184 Å². The fourth-order valence-electron chi connectivity index (χ4n) is 3.53. The minimum absolute atomic E-state index is 0.0706. The molecule has 0 aliphatic rings. The topological polar surface area (TPSA) is 74.8 Å². The van der Waals surface area contributed by atoms with E-state index in [1.165, 1.54) is 0 Å². The van der Waals surface area contributed by atoms with Crippen molar-refractivity contribution < 1.29 is 9.59 Å². The Hall–Kier alpha value is -4.51. The highest BCUT2D eigenvalue weighted by Gasteiger charge is 2.11. The average Bonchev–Trinajstić information content (AvgIpc) is 3.29. The third kappa shape index (κ3) is 3.91. The second kappa shape index (κ2) is 8.32. The van der Waals surface area contributed by atoms with Crippen molar-refractivity contribution in [2.24, 2.45) is 0 Å². The number of carbonyl (C=O) groups excluding carboxylic acids is 2. The van der Waals surface area contributed by atoms with E-state index in [-0.39, 0.29) is 11.7 Å². The summed E-state index contributed by atoms with van der Waals surface area (Å²) < 4.78 is 0. The number of aromatic amines is 1. The first-order valence-corrected chi connectivity index (χ1v) is 10.2. The molecule has 0 fully saturated rings. The van der Waals surface area contributed by atoms with Gasteiger partial charge in [-0.1, -0.05) is 54.6 Å². The summed E-state index contributed by atoms with van der Waals surface area (Å²) in [5, 5.41) is 2.89. The molecule has 154 valence electrons. The lowest BCUT2D eigenvalue weighted by Crippen LogP contribution is -2.12. The molecule has 1 aromatic heterocycles. The number of benzene rings is 4. The van der Waals surface area contributed by atoms with Crippen molar-refractivity contribution in [2.45, 2.75) is 0 Å². The van der Waals surface area contributed by atoms with Gasteiger partial charge < -0.3 is 10.3 Å². The number of fused-ring (bicyclic) bond motifs is 1. The van der Waals surface area contributed by atoms with Crippen LogP contribution in [0.4, 0.5) is 5.69 Å². The number of H-pyrrole nitrogens is 1. The van der Waals surface area contributed by atoms with Crippen molar-refractivity contribution in [3.63, 3.8) is 0 Å². The maximum atomic E-state index is 12.6. The van der Waals surface area contributed by atoms with Gasteiger partial charge in [-0.15, -0.1) is 0 Å². The standard InChI is InChI=1S/C27H19N3O2/c31-25(18-6-2-1-3-7-18)19-10-12-21(13-11-19)27(32)28-22-16-14-20(15-17-22)26-29-23-8-4-5-9-24(23)30-26/h1-17H,(H,28,32)(H,29,30). The van der Waals surface area contributed by atoms with Crippen molar-refractivity contribution in [3.05, 3.63) is 120 Å². The van der Waals surface area contributed by atoms with Crippen LogP contribution in [0.5, 0.6) is 0 Å². The van der Waals surface area contributed by atoms with E-state index in [0.717, 1.165) is 22.4 Å². The third-order valence-electron chi connectivity index (χ3n) is 5.25. The van der Waals surface area contributed by atoms with Gasteiger partial charge in [0.1, 0.15) is 5.82 Å². The summed E-state index contributed by atoms with van der Waals surface area (Å²) in [5.41, 5.74) is 5.15. The van der Waals surface area contributed by atoms with E-state index in [9.17, 15) is 9.59 Å². The first-order chi connectivity index (χ1) is 15.7. The Morgan fingerprint density at radius 3 is 2.00 bits per heavy atom. The molecule has 0 saturated carbocycles. The summed E-state index contributed by atoms with van der Waals surface area (Å²) in [6.45, 7) is 0. The molecule has 1 heterocycles. The van der Waals surface area contributed by atoms with Crippen LogP contribution in [-0.2, 0) is 0 Å². The van der Waals surface area contributed by atoms with Crippen molar-refractivity contribution in [1.29, 1.82) is 0 Å². The number of imidazole rings is 1. The Morgan fingerprint density at radius 2 is 1.28 bits per heavy atom. The second-order valence-electron chi connectivity index (χ2n) is 7.41. The molecule has 5 rings (SSSR count). The number of rotatable bonds is 5. The maximum absolute atomic E-state index is 12.6. The van der Waals surface area contributed by atoms with Gasteiger partial charge in [-0.05, 0) is 48.5 Å². The molecule has 4 aromatic carbocycles. The number of carbonyl (C=O) groups is 2. The zero-order valence-corrected chi connectivity index (χ0v) is 17.1. The molecule has 0 saturated heterocycles. The maximum Gasteiger partial charge on any atom is 0.255 e. The van der Waals surface area contributed by atoms with Crippen LogP contribution in [0.3, 0.4) is 0 Å². The van der Waals surface area contributed by atoms with Crippen LogP contribution in [-0.4, -0.2) is 21.7 Å². The number of hydrogen-bond acceptors (Lipinski definition) is 3. The highest BCUT2D eigenvalue weighted by molar-refractivity contribution is 6.10. The number of nitrogens with zero attached hydrogens (tertiary/aromatic N) is 1. The number of anilines is 1. The molecular weight excluding hydrogens is 398 g/mol. The van der Waals surface area contributed by atoms with Crippen LogP contribution in [0.1, 0.15) is 26.3 Å². The van der Waals surface area contributed by atoms with Crippen LogP contribution < -0.4 is 5.32 Å². The molecule has 1 amide bonds. The molecule has 0 radical (unpaired) electrons. The molecule has 5 aromatic rings. The number of aromatic nitrogens is 2. The van der Waals surface area contributed by atoms with E-state index in [0.29, 0.717) is 22.4 Å². The summed E-state index contributed by atoms with van der Waals surface area (Å²) in [6, 6.07) is 31.1. The smallest absolute Gasteiger partial charge is 0.255 e. The van der Waals surface area contributed by atoms with Gasteiger partial charge in [0.25, 0.3) is 5.91 Å². The number of nitrogens with one attached hydrogen (secondary N) is 2. The van der Waals surface area contributed by atoms with Gasteiger partial charge >= 0.3 is 0 Å². The molecule has 0 aliphatic carbocycles. The van der Waals surface area contributed by atoms with Gasteiger partial charge in [0.2, 0.25) is 0 Å². The number of hydrogen-bond donors (Lipinski definition) is 2. The minimum Gasteiger partial charge on any atom is -0.338 e. The monoisotopic (exact) mass is 417 g/mol. The molecule has 0 unspecified atom stereocenters. The molecule has 0 spiro atoms. The van der Waals surface area contributed by atoms with Gasteiger partial charge in [-0.2, -0.15) is 0 Å². The molecule has 5 nitrogen and oxygen atoms in total. The third-order valence-corrected chi connectivity index (χ3v) is 5.25. The molecule has 0 atom stereocenters. The largest absolute Gasteiger partial charge is 0.338 e. The Morgan fingerprint density at radius 1 is 0.656 bits per heavy atom. The summed E-state index contributed by atoms with van der Waals surface area (Å²) in [5.74, 6) is 0.474. The van der Waals surface area contributed by atoms with E-state index in [2.05, 4.69) is 15.3 Å². The number of para-hydroxylation sites is 2. The summed E-state index contributed by atoms with van der Waals surface area (Å²) in [6.07, 6.45) is 0. The van der Waals surface area contributed by atoms with E-state index in [1.807, 2.05) is 66.7 Å². The lowest BCUT2D eigenvalue weighted by Gasteiger charge is -2.07. The average molecular weight is 417 g/mol. The van der Waals surface area contributed by atoms with Crippen LogP contribution in [0.2, 0.25) is 0 Å². The lowest BCUT2D eigenvalue weighted by atomic mass is 10.0. The van der Waals surface area contributed by atoms with Gasteiger partial charge in [0.05, 0.1) is 11.0 Å². The fourth-order valence-corrected chi connectivity index (χ4v) is 3.53. The zero-order chi connectivity index (χ0) is 21.9. The van der Waals surface area contributed by atoms with Crippen molar-refractivity contribution in [2.75, 3.05) is 5.32 Å². The summed E-state index contributed by atoms with van der Waals surface area (Å²) in [7, 11) is 0. The fraction of sp³-hybridized carbons (Fsp3) is 0. The zero-order valence-electron chi connectivity index (χ0n) is 17.1. The highest BCUT2D eigenvalue weighted by Crippen LogP contribution is 2.22. The van der Waals surface area contributed by atoms with Crippen molar-refractivity contribution >= 4 is 28.4 Å². The highest BCUT2D eigenvalue weighted by atomic mass is 16.1. The van der Waals surface area contributed by atoms with Gasteiger partial charge in [-0.25, -0.2) is 4.98 Å². The molecule has 5 heteroatoms. The van der Waals surface area contributed by atoms with Gasteiger partial charge in [-0.3, -0.25) is 9.59 Å². The van der Waals surface area contributed by atoms with E-state index in [4.69, 9.17) is 0 Å². The van der Waals surface area contributed by atoms with Crippen molar-refractivity contribution in [3.8, 4) is 11.4 Å². The molecule has 0 aliphatic heterocycles. The first kappa shape index (κ1) is 19.5. The predicted octanol–water partition coefficient (Wildman–Crippen LogP) is 5.71. The van der Waals surface area contributed by atoms with E-state index >= 15 is 0 Å². The van der Waals surface area contributed by atoms with Crippen LogP contribution in [0, 0.1) is 0 Å². The Kier molecular flexibility index (Phi) is 5.06. The predicted molar refractivity (Wildman–Crippen MR) is 126 cm³/mol. The van der Waals surface area contributed by atoms with Crippen molar-refractivity contribution in [1.82, 2.24) is 9.97 Å². The minimum atomic E-state index is -0.236. The molecule has 2 N–H and O–H groups in total. The van der Waals surface area contributed by atoms with Crippen LogP contribution in [0.25, 0.3) is 22.4 Å². The summed E-state index contributed by atoms with van der Waals surface area (Å²) >= 11 is 0. The molecular formula is C27H19N3O2. The number of ketones is 1. The lowest BCUT2D eigenvalue weighted by molar-refractivity contribution is 0.102. The number of amides is 1. The normalized spacial score (nSPS) is 10.8. The van der Waals surface area contributed by atoms with E-state index < -0.39 is 0 Å². The Balaban J connectivity index is 1.28. The molecule has 32 heavy (non-hydrogen) atoms. The first-order valence-electron chi connectivity index (χ1n) is 10.2. The van der Waals surface area contributed by atoms with Crippen LogP contribution in [0.15, 0.2) is 103 Å².